The summed E-state index contributed by atoms with van der Waals surface area (Å²) < 4.78 is 28.5. The van der Waals surface area contributed by atoms with E-state index in [0.717, 1.165) is 6.20 Å². The van der Waals surface area contributed by atoms with Crippen molar-refractivity contribution in [3.63, 3.8) is 0 Å². The molecule has 0 aliphatic rings. The minimum atomic E-state index is -0.715. The molecule has 3 aromatic rings. The standard InChI is InChI=1S/C16H12BrF2N5O/c1-9(23-16(25)15-13(19)4-11(17)6-21-15)10-2-3-14(20-5-10)24-8-12(18)7-22-24/h2-9H,1H3,(H,23,25). The highest BCUT2D eigenvalue weighted by Crippen LogP contribution is 2.16. The number of carbonyl (C=O) groups excluding carboxylic acids is 1. The van der Waals surface area contributed by atoms with Crippen LogP contribution >= 0.6 is 15.9 Å². The Balaban J connectivity index is 1.72. The molecule has 3 rings (SSSR count). The predicted molar refractivity (Wildman–Crippen MR) is 89.1 cm³/mol. The smallest absolute Gasteiger partial charge is 0.273 e. The van der Waals surface area contributed by atoms with Crippen molar-refractivity contribution in [3.8, 4) is 5.82 Å². The molecule has 0 saturated heterocycles. The van der Waals surface area contributed by atoms with Gasteiger partial charge < -0.3 is 5.32 Å². The third-order valence-corrected chi connectivity index (χ3v) is 3.86. The Bertz CT molecular complexity index is 913. The molecular weight excluding hydrogens is 396 g/mol. The number of rotatable bonds is 4. The molecule has 1 unspecified atom stereocenters. The third kappa shape index (κ3) is 3.87. The molecule has 0 bridgehead atoms. The minimum absolute atomic E-state index is 0.286. The zero-order valence-corrected chi connectivity index (χ0v) is 14.5. The van der Waals surface area contributed by atoms with Crippen LogP contribution in [-0.2, 0) is 0 Å². The van der Waals surface area contributed by atoms with Crippen molar-refractivity contribution in [1.82, 2.24) is 25.1 Å². The lowest BCUT2D eigenvalue weighted by Gasteiger charge is -2.14. The van der Waals surface area contributed by atoms with E-state index in [1.54, 1.807) is 19.1 Å². The van der Waals surface area contributed by atoms with E-state index in [2.05, 4.69) is 36.3 Å². The van der Waals surface area contributed by atoms with E-state index in [1.807, 2.05) is 0 Å². The molecule has 9 heteroatoms. The van der Waals surface area contributed by atoms with Gasteiger partial charge in [-0.15, -0.1) is 0 Å². The average Bonchev–Trinajstić information content (AvgIpc) is 3.01. The predicted octanol–water partition coefficient (Wildman–Crippen LogP) is 3.19. The SMILES string of the molecule is CC(NC(=O)c1ncc(Br)cc1F)c1ccc(-n2cc(F)cn2)nc1. The second-order valence-corrected chi connectivity index (χ2v) is 6.15. The number of halogens is 3. The quantitative estimate of drug-likeness (QED) is 0.720. The maximum Gasteiger partial charge on any atom is 0.273 e. The van der Waals surface area contributed by atoms with Crippen molar-refractivity contribution in [3.05, 3.63) is 70.4 Å². The molecule has 0 aliphatic carbocycles. The molecule has 0 aromatic carbocycles. The van der Waals surface area contributed by atoms with Gasteiger partial charge in [0, 0.05) is 16.9 Å². The van der Waals surface area contributed by atoms with Gasteiger partial charge in [-0.05, 0) is 40.5 Å². The van der Waals surface area contributed by atoms with E-state index < -0.39 is 23.6 Å². The molecule has 0 fully saturated rings. The Morgan fingerprint density at radius 2 is 2.04 bits per heavy atom. The summed E-state index contributed by atoms with van der Waals surface area (Å²) in [4.78, 5) is 20.1. The highest BCUT2D eigenvalue weighted by Gasteiger charge is 2.17. The summed E-state index contributed by atoms with van der Waals surface area (Å²) in [6.07, 6.45) is 5.17. The highest BCUT2D eigenvalue weighted by molar-refractivity contribution is 9.10. The van der Waals surface area contributed by atoms with E-state index in [-0.39, 0.29) is 5.69 Å². The second kappa shape index (κ2) is 7.06. The monoisotopic (exact) mass is 407 g/mol. The molecule has 1 amide bonds. The average molecular weight is 408 g/mol. The molecule has 1 N–H and O–H groups in total. The van der Waals surface area contributed by atoms with Crippen LogP contribution in [-0.4, -0.2) is 25.7 Å². The number of amides is 1. The van der Waals surface area contributed by atoms with E-state index in [9.17, 15) is 13.6 Å². The van der Waals surface area contributed by atoms with Crippen molar-refractivity contribution >= 4 is 21.8 Å². The minimum Gasteiger partial charge on any atom is -0.344 e. The first-order valence-electron chi connectivity index (χ1n) is 7.22. The molecule has 0 saturated carbocycles. The van der Waals surface area contributed by atoms with Crippen LogP contribution in [0, 0.1) is 11.6 Å². The summed E-state index contributed by atoms with van der Waals surface area (Å²) >= 11 is 3.09. The van der Waals surface area contributed by atoms with Gasteiger partial charge in [0.2, 0.25) is 0 Å². The van der Waals surface area contributed by atoms with Gasteiger partial charge in [0.25, 0.3) is 5.91 Å². The van der Waals surface area contributed by atoms with E-state index in [1.165, 1.54) is 29.3 Å². The van der Waals surface area contributed by atoms with Crippen LogP contribution in [0.4, 0.5) is 8.78 Å². The van der Waals surface area contributed by atoms with Crippen LogP contribution < -0.4 is 5.32 Å². The van der Waals surface area contributed by atoms with Gasteiger partial charge in [0.1, 0.15) is 0 Å². The van der Waals surface area contributed by atoms with Gasteiger partial charge >= 0.3 is 0 Å². The third-order valence-electron chi connectivity index (χ3n) is 3.43. The van der Waals surface area contributed by atoms with Crippen LogP contribution in [0.25, 0.3) is 5.82 Å². The first kappa shape index (κ1) is 17.2. The second-order valence-electron chi connectivity index (χ2n) is 5.23. The van der Waals surface area contributed by atoms with Crippen LogP contribution in [0.5, 0.6) is 0 Å². The molecule has 0 spiro atoms. The largest absolute Gasteiger partial charge is 0.344 e. The lowest BCUT2D eigenvalue weighted by atomic mass is 10.1. The Morgan fingerprint density at radius 3 is 2.64 bits per heavy atom. The summed E-state index contributed by atoms with van der Waals surface area (Å²) in [6.45, 7) is 1.74. The highest BCUT2D eigenvalue weighted by atomic mass is 79.9. The molecule has 0 aliphatic heterocycles. The maximum absolute atomic E-state index is 13.8. The van der Waals surface area contributed by atoms with Gasteiger partial charge in [-0.3, -0.25) is 4.79 Å². The lowest BCUT2D eigenvalue weighted by Crippen LogP contribution is -2.28. The molecule has 128 valence electrons. The topological polar surface area (TPSA) is 72.7 Å². The number of nitrogens with one attached hydrogen (secondary N) is 1. The molecule has 0 radical (unpaired) electrons. The first-order chi connectivity index (χ1) is 11.9. The Hall–Kier alpha value is -2.68. The summed E-state index contributed by atoms with van der Waals surface area (Å²) in [7, 11) is 0. The molecule has 25 heavy (non-hydrogen) atoms. The number of hydrogen-bond acceptors (Lipinski definition) is 4. The Morgan fingerprint density at radius 1 is 1.24 bits per heavy atom. The Kier molecular flexibility index (Phi) is 4.84. The molecule has 6 nitrogen and oxygen atoms in total. The summed E-state index contributed by atoms with van der Waals surface area (Å²) in [5, 5.41) is 6.48. The van der Waals surface area contributed by atoms with Crippen molar-refractivity contribution < 1.29 is 13.6 Å². The fourth-order valence-electron chi connectivity index (χ4n) is 2.15. The van der Waals surface area contributed by atoms with Gasteiger partial charge in [0.15, 0.2) is 23.1 Å². The van der Waals surface area contributed by atoms with E-state index in [0.29, 0.717) is 15.9 Å². The number of pyridine rings is 2. The van der Waals surface area contributed by atoms with Gasteiger partial charge in [-0.25, -0.2) is 23.4 Å². The molecule has 1 atom stereocenters. The number of carbonyl (C=O) groups is 1. The van der Waals surface area contributed by atoms with Crippen LogP contribution in [0.15, 0.2) is 47.5 Å². The molecule has 3 heterocycles. The zero-order valence-electron chi connectivity index (χ0n) is 12.9. The van der Waals surface area contributed by atoms with Gasteiger partial charge in [-0.1, -0.05) is 6.07 Å². The Labute approximate surface area is 150 Å². The number of hydrogen-bond donors (Lipinski definition) is 1. The van der Waals surface area contributed by atoms with Crippen LogP contribution in [0.2, 0.25) is 0 Å². The number of aromatic nitrogens is 4. The van der Waals surface area contributed by atoms with Crippen molar-refractivity contribution in [2.24, 2.45) is 0 Å². The van der Waals surface area contributed by atoms with Crippen molar-refractivity contribution in [2.45, 2.75) is 13.0 Å². The summed E-state index contributed by atoms with van der Waals surface area (Å²) in [5.41, 5.74) is 0.411. The lowest BCUT2D eigenvalue weighted by molar-refractivity contribution is 0.0930. The fourth-order valence-corrected chi connectivity index (χ4v) is 2.45. The van der Waals surface area contributed by atoms with Gasteiger partial charge in [-0.2, -0.15) is 5.10 Å². The molecule has 3 aromatic heterocycles. The zero-order chi connectivity index (χ0) is 18.0. The van der Waals surface area contributed by atoms with Crippen LogP contribution in [0.3, 0.4) is 0 Å². The fraction of sp³-hybridized carbons (Fsp3) is 0.125. The summed E-state index contributed by atoms with van der Waals surface area (Å²) in [5.74, 6) is -1.37. The van der Waals surface area contributed by atoms with Crippen molar-refractivity contribution in [1.29, 1.82) is 0 Å². The van der Waals surface area contributed by atoms with E-state index >= 15 is 0 Å². The maximum atomic E-state index is 13.8. The molecular formula is C16H12BrF2N5O. The summed E-state index contributed by atoms with van der Waals surface area (Å²) in [6, 6.07) is 4.11. The van der Waals surface area contributed by atoms with Crippen LogP contribution in [0.1, 0.15) is 29.0 Å². The van der Waals surface area contributed by atoms with E-state index in [4.69, 9.17) is 0 Å². The first-order valence-corrected chi connectivity index (χ1v) is 8.02. The van der Waals surface area contributed by atoms with Gasteiger partial charge in [0.05, 0.1) is 18.4 Å². The number of nitrogens with zero attached hydrogens (tertiary/aromatic N) is 4. The normalized spacial score (nSPS) is 12.0. The van der Waals surface area contributed by atoms with Crippen molar-refractivity contribution in [2.75, 3.05) is 0 Å².